The van der Waals surface area contributed by atoms with Gasteiger partial charge >= 0.3 is 0 Å². The second-order valence-corrected chi connectivity index (χ2v) is 7.69. The summed E-state index contributed by atoms with van der Waals surface area (Å²) < 4.78 is 1.96. The van der Waals surface area contributed by atoms with Crippen molar-refractivity contribution < 1.29 is 0 Å². The molecule has 0 fully saturated rings. The molecule has 0 unspecified atom stereocenters. The molecule has 0 radical (unpaired) electrons. The van der Waals surface area contributed by atoms with Gasteiger partial charge in [-0.15, -0.1) is 0 Å². The molecule has 0 aliphatic carbocycles. The Labute approximate surface area is 144 Å². The molecule has 5 nitrogen and oxygen atoms in total. The third-order valence-electron chi connectivity index (χ3n) is 4.83. The molecule has 1 aliphatic heterocycles. The van der Waals surface area contributed by atoms with Gasteiger partial charge in [0.1, 0.15) is 17.6 Å². The van der Waals surface area contributed by atoms with E-state index in [1.807, 2.05) is 23.9 Å². The minimum atomic E-state index is -0.0129. The van der Waals surface area contributed by atoms with Gasteiger partial charge in [0.05, 0.1) is 0 Å². The molecule has 3 rings (SSSR count). The first kappa shape index (κ1) is 16.7. The standard InChI is InChI=1S/C19H25N5/c1-13-14(8-16(9-20)23(13)5)11-24-7-6-17-15(12-24)10-21-18(22-17)19(2,3)4/h8,10H,6-7,11-12H2,1-5H3. The van der Waals surface area contributed by atoms with E-state index in [1.54, 1.807) is 0 Å². The molecule has 0 bridgehead atoms. The lowest BCUT2D eigenvalue weighted by Gasteiger charge is -2.29. The van der Waals surface area contributed by atoms with Crippen molar-refractivity contribution in [3.63, 3.8) is 0 Å². The summed E-state index contributed by atoms with van der Waals surface area (Å²) in [7, 11) is 1.95. The van der Waals surface area contributed by atoms with E-state index in [2.05, 4.69) is 43.6 Å². The molecule has 0 saturated carbocycles. The maximum Gasteiger partial charge on any atom is 0.133 e. The third-order valence-corrected chi connectivity index (χ3v) is 4.83. The summed E-state index contributed by atoms with van der Waals surface area (Å²) in [6.07, 6.45) is 2.95. The quantitative estimate of drug-likeness (QED) is 0.853. The largest absolute Gasteiger partial charge is 0.340 e. The van der Waals surface area contributed by atoms with E-state index >= 15 is 0 Å². The second-order valence-electron chi connectivity index (χ2n) is 7.69. The molecule has 2 aromatic heterocycles. The van der Waals surface area contributed by atoms with Gasteiger partial charge in [-0.05, 0) is 18.6 Å². The molecule has 0 amide bonds. The highest BCUT2D eigenvalue weighted by atomic mass is 15.1. The molecule has 0 N–H and O–H groups in total. The zero-order chi connectivity index (χ0) is 17.5. The number of fused-ring (bicyclic) bond motifs is 1. The first-order valence-electron chi connectivity index (χ1n) is 8.42. The fourth-order valence-corrected chi connectivity index (χ4v) is 3.14. The van der Waals surface area contributed by atoms with E-state index in [0.717, 1.165) is 43.3 Å². The summed E-state index contributed by atoms with van der Waals surface area (Å²) in [5.41, 5.74) is 5.51. The Morgan fingerprint density at radius 2 is 2.08 bits per heavy atom. The van der Waals surface area contributed by atoms with Crippen LogP contribution in [0.2, 0.25) is 0 Å². The number of nitrogens with zero attached hydrogens (tertiary/aromatic N) is 5. The molecule has 3 heterocycles. The zero-order valence-electron chi connectivity index (χ0n) is 15.2. The number of hydrogen-bond donors (Lipinski definition) is 0. The molecule has 5 heteroatoms. The highest BCUT2D eigenvalue weighted by Gasteiger charge is 2.23. The van der Waals surface area contributed by atoms with Crippen molar-refractivity contribution in [2.75, 3.05) is 6.54 Å². The Morgan fingerprint density at radius 1 is 1.33 bits per heavy atom. The molecule has 0 atom stereocenters. The summed E-state index contributed by atoms with van der Waals surface area (Å²) in [4.78, 5) is 11.8. The van der Waals surface area contributed by atoms with Crippen LogP contribution in [0.1, 0.15) is 54.8 Å². The van der Waals surface area contributed by atoms with Crippen LogP contribution in [-0.4, -0.2) is 26.0 Å². The van der Waals surface area contributed by atoms with Gasteiger partial charge in [0, 0.05) is 61.7 Å². The van der Waals surface area contributed by atoms with E-state index in [0.29, 0.717) is 0 Å². The average molecular weight is 323 g/mol. The number of aromatic nitrogens is 3. The summed E-state index contributed by atoms with van der Waals surface area (Å²) in [6.45, 7) is 11.2. The fourth-order valence-electron chi connectivity index (χ4n) is 3.14. The maximum atomic E-state index is 9.18. The van der Waals surface area contributed by atoms with Gasteiger partial charge in [0.2, 0.25) is 0 Å². The molecule has 126 valence electrons. The third kappa shape index (κ3) is 3.07. The summed E-state index contributed by atoms with van der Waals surface area (Å²) >= 11 is 0. The summed E-state index contributed by atoms with van der Waals surface area (Å²) in [5.74, 6) is 0.923. The van der Waals surface area contributed by atoms with Crippen LogP contribution >= 0.6 is 0 Å². The smallest absolute Gasteiger partial charge is 0.133 e. The fraction of sp³-hybridized carbons (Fsp3) is 0.526. The van der Waals surface area contributed by atoms with Crippen LogP contribution in [0.3, 0.4) is 0 Å². The van der Waals surface area contributed by atoms with Crippen LogP contribution in [0.15, 0.2) is 12.3 Å². The first-order chi connectivity index (χ1) is 11.3. The van der Waals surface area contributed by atoms with Gasteiger partial charge in [-0.25, -0.2) is 9.97 Å². The predicted molar refractivity (Wildman–Crippen MR) is 93.4 cm³/mol. The second kappa shape index (κ2) is 6.03. The zero-order valence-corrected chi connectivity index (χ0v) is 15.2. The monoisotopic (exact) mass is 323 g/mol. The lowest BCUT2D eigenvalue weighted by atomic mass is 9.95. The van der Waals surface area contributed by atoms with Crippen molar-refractivity contribution in [3.8, 4) is 6.07 Å². The molecule has 0 aromatic carbocycles. The average Bonchev–Trinajstić information content (AvgIpc) is 2.81. The van der Waals surface area contributed by atoms with Gasteiger partial charge in [0.25, 0.3) is 0 Å². The van der Waals surface area contributed by atoms with Crippen molar-refractivity contribution in [1.82, 2.24) is 19.4 Å². The van der Waals surface area contributed by atoms with Crippen LogP contribution in [0.25, 0.3) is 0 Å². The van der Waals surface area contributed by atoms with E-state index in [9.17, 15) is 5.26 Å². The Kier molecular flexibility index (Phi) is 4.18. The van der Waals surface area contributed by atoms with Crippen LogP contribution in [-0.2, 0) is 32.0 Å². The molecule has 0 saturated heterocycles. The van der Waals surface area contributed by atoms with Crippen molar-refractivity contribution in [1.29, 1.82) is 5.26 Å². The Balaban J connectivity index is 1.78. The lowest BCUT2D eigenvalue weighted by molar-refractivity contribution is 0.241. The van der Waals surface area contributed by atoms with Crippen LogP contribution in [0.4, 0.5) is 0 Å². The van der Waals surface area contributed by atoms with Gasteiger partial charge < -0.3 is 4.57 Å². The van der Waals surface area contributed by atoms with Crippen molar-refractivity contribution in [2.24, 2.45) is 7.05 Å². The molecule has 24 heavy (non-hydrogen) atoms. The van der Waals surface area contributed by atoms with Gasteiger partial charge in [-0.2, -0.15) is 5.26 Å². The van der Waals surface area contributed by atoms with E-state index in [4.69, 9.17) is 4.98 Å². The normalized spacial score (nSPS) is 15.2. The Hall–Kier alpha value is -2.19. The summed E-state index contributed by atoms with van der Waals surface area (Å²) in [6, 6.07) is 4.26. The van der Waals surface area contributed by atoms with Crippen LogP contribution in [0.5, 0.6) is 0 Å². The number of rotatable bonds is 2. The Morgan fingerprint density at radius 3 is 2.71 bits per heavy atom. The molecule has 0 spiro atoms. The van der Waals surface area contributed by atoms with Crippen LogP contribution < -0.4 is 0 Å². The molecular formula is C19H25N5. The topological polar surface area (TPSA) is 57.7 Å². The minimum Gasteiger partial charge on any atom is -0.340 e. The molecular weight excluding hydrogens is 298 g/mol. The SMILES string of the molecule is Cc1c(CN2CCc3nc(C(C)(C)C)ncc3C2)cc(C#N)n1C. The highest BCUT2D eigenvalue weighted by Crippen LogP contribution is 2.24. The highest BCUT2D eigenvalue weighted by molar-refractivity contribution is 5.34. The van der Waals surface area contributed by atoms with Gasteiger partial charge in [-0.3, -0.25) is 4.90 Å². The molecule has 2 aromatic rings. The minimum absolute atomic E-state index is 0.0129. The summed E-state index contributed by atoms with van der Waals surface area (Å²) in [5, 5.41) is 9.18. The van der Waals surface area contributed by atoms with Gasteiger partial charge in [0.15, 0.2) is 0 Å². The first-order valence-corrected chi connectivity index (χ1v) is 8.42. The number of nitriles is 1. The van der Waals surface area contributed by atoms with Crippen molar-refractivity contribution in [3.05, 3.63) is 46.3 Å². The van der Waals surface area contributed by atoms with E-state index in [1.165, 1.54) is 16.8 Å². The van der Waals surface area contributed by atoms with E-state index in [-0.39, 0.29) is 5.41 Å². The predicted octanol–water partition coefficient (Wildman–Crippen LogP) is 2.85. The van der Waals surface area contributed by atoms with E-state index < -0.39 is 0 Å². The van der Waals surface area contributed by atoms with Crippen molar-refractivity contribution in [2.45, 2.75) is 52.6 Å². The van der Waals surface area contributed by atoms with Crippen LogP contribution in [0, 0.1) is 18.3 Å². The molecule has 1 aliphatic rings. The number of hydrogen-bond acceptors (Lipinski definition) is 4. The van der Waals surface area contributed by atoms with Gasteiger partial charge in [-0.1, -0.05) is 20.8 Å². The Bertz CT molecular complexity index is 804. The maximum absolute atomic E-state index is 9.18. The lowest BCUT2D eigenvalue weighted by Crippen LogP contribution is -2.32. The van der Waals surface area contributed by atoms with Crippen molar-refractivity contribution >= 4 is 0 Å².